The second-order valence-electron chi connectivity index (χ2n) is 6.48. The van der Waals surface area contributed by atoms with Crippen LogP contribution in [0.5, 0.6) is 0 Å². The van der Waals surface area contributed by atoms with Crippen LogP contribution in [-0.2, 0) is 14.3 Å². The van der Waals surface area contributed by atoms with Crippen molar-refractivity contribution in [1.82, 2.24) is 5.32 Å². The first-order valence-corrected chi connectivity index (χ1v) is 8.04. The Labute approximate surface area is 131 Å². The van der Waals surface area contributed by atoms with Crippen LogP contribution in [0.15, 0.2) is 10.2 Å². The van der Waals surface area contributed by atoms with E-state index in [4.69, 9.17) is 15.9 Å². The average Bonchev–Trinajstić information content (AvgIpc) is 3.16. The molecule has 3 rings (SSSR count). The Kier molecular flexibility index (Phi) is 4.46. The van der Waals surface area contributed by atoms with Crippen molar-refractivity contribution in [2.24, 2.45) is 10.2 Å². The van der Waals surface area contributed by atoms with Gasteiger partial charge in [0.2, 0.25) is 5.91 Å². The minimum absolute atomic E-state index is 0.0679. The molecule has 0 aromatic rings. The van der Waals surface area contributed by atoms with Crippen LogP contribution in [0.3, 0.4) is 0 Å². The van der Waals surface area contributed by atoms with Gasteiger partial charge >= 0.3 is 0 Å². The second-order valence-corrected chi connectivity index (χ2v) is 6.48. The lowest BCUT2D eigenvalue weighted by atomic mass is 9.89. The molecule has 6 nitrogen and oxygen atoms in total. The van der Waals surface area contributed by atoms with E-state index >= 15 is 0 Å². The van der Waals surface area contributed by atoms with Crippen LogP contribution in [0, 0.1) is 12.3 Å². The maximum Gasteiger partial charge on any atom is 0.220 e. The van der Waals surface area contributed by atoms with E-state index in [0.29, 0.717) is 32.5 Å². The summed E-state index contributed by atoms with van der Waals surface area (Å²) >= 11 is 0. The van der Waals surface area contributed by atoms with Crippen LogP contribution < -0.4 is 5.32 Å². The van der Waals surface area contributed by atoms with Gasteiger partial charge in [0.05, 0.1) is 12.2 Å². The van der Waals surface area contributed by atoms with Gasteiger partial charge in [0.15, 0.2) is 5.66 Å². The van der Waals surface area contributed by atoms with Crippen LogP contribution in [0.25, 0.3) is 0 Å². The summed E-state index contributed by atoms with van der Waals surface area (Å²) in [5.74, 6) is 2.67. The van der Waals surface area contributed by atoms with Gasteiger partial charge in [-0.05, 0) is 12.8 Å². The zero-order valence-electron chi connectivity index (χ0n) is 12.8. The Bertz CT molecular complexity index is 485. The highest BCUT2D eigenvalue weighted by molar-refractivity contribution is 5.76. The van der Waals surface area contributed by atoms with Crippen molar-refractivity contribution in [2.75, 3.05) is 19.8 Å². The maximum absolute atomic E-state index is 12.2. The monoisotopic (exact) mass is 305 g/mol. The van der Waals surface area contributed by atoms with E-state index in [1.807, 2.05) is 0 Å². The number of ether oxygens (including phenoxy) is 2. The Hall–Kier alpha value is -1.45. The van der Waals surface area contributed by atoms with Gasteiger partial charge in [-0.3, -0.25) is 4.79 Å². The summed E-state index contributed by atoms with van der Waals surface area (Å²) in [5, 5.41) is 11.3. The summed E-state index contributed by atoms with van der Waals surface area (Å²) < 4.78 is 11.3. The molecule has 2 unspecified atom stereocenters. The minimum Gasteiger partial charge on any atom is -0.378 e. The summed E-state index contributed by atoms with van der Waals surface area (Å²) in [5.41, 5.74) is -0.550. The molecule has 1 spiro atoms. The molecule has 0 radical (unpaired) electrons. The van der Waals surface area contributed by atoms with Crippen LogP contribution in [0.2, 0.25) is 0 Å². The summed E-state index contributed by atoms with van der Waals surface area (Å²) in [7, 11) is 0. The normalized spacial score (nSPS) is 31.9. The summed E-state index contributed by atoms with van der Waals surface area (Å²) in [6.07, 6.45) is 10.4. The first kappa shape index (κ1) is 15.4. The second kappa shape index (κ2) is 6.35. The Morgan fingerprint density at radius 2 is 2.23 bits per heavy atom. The summed E-state index contributed by atoms with van der Waals surface area (Å²) in [4.78, 5) is 12.2. The third kappa shape index (κ3) is 3.65. The van der Waals surface area contributed by atoms with E-state index in [1.165, 1.54) is 0 Å². The van der Waals surface area contributed by atoms with Crippen molar-refractivity contribution in [3.8, 4) is 12.3 Å². The number of nitrogens with one attached hydrogen (secondary N) is 1. The quantitative estimate of drug-likeness (QED) is 0.761. The van der Waals surface area contributed by atoms with Gasteiger partial charge in [-0.15, -0.1) is 12.3 Å². The van der Waals surface area contributed by atoms with Crippen LogP contribution >= 0.6 is 0 Å². The molecule has 1 amide bonds. The number of hydrogen-bond acceptors (Lipinski definition) is 5. The molecule has 3 aliphatic heterocycles. The predicted octanol–water partition coefficient (Wildman–Crippen LogP) is 1.80. The molecule has 1 N–H and O–H groups in total. The molecule has 3 aliphatic rings. The molecule has 0 bridgehead atoms. The molecular weight excluding hydrogens is 282 g/mol. The molecule has 2 atom stereocenters. The fraction of sp³-hybridized carbons (Fsp3) is 0.812. The topological polar surface area (TPSA) is 72.3 Å². The third-order valence-corrected chi connectivity index (χ3v) is 4.73. The lowest BCUT2D eigenvalue weighted by Crippen LogP contribution is -2.49. The van der Waals surface area contributed by atoms with Crippen molar-refractivity contribution in [1.29, 1.82) is 0 Å². The zero-order chi connectivity index (χ0) is 15.5. The lowest BCUT2D eigenvalue weighted by molar-refractivity contribution is -0.125. The highest BCUT2D eigenvalue weighted by Gasteiger charge is 2.42. The standard InChI is InChI=1S/C16H23N3O3/c1-2-3-6-16(18-19-16)7-4-14(20)17-13-5-9-22-15(11-13)8-10-21-12-15/h1,13H,3-12H2,(H,17,20). The van der Waals surface area contributed by atoms with Gasteiger partial charge in [-0.1, -0.05) is 0 Å². The van der Waals surface area contributed by atoms with Gasteiger partial charge in [-0.25, -0.2) is 0 Å². The Morgan fingerprint density at radius 3 is 2.91 bits per heavy atom. The maximum atomic E-state index is 12.2. The number of terminal acetylenes is 1. The average molecular weight is 305 g/mol. The highest BCUT2D eigenvalue weighted by Crippen LogP contribution is 2.37. The van der Waals surface area contributed by atoms with Crippen LogP contribution in [-0.4, -0.2) is 43.0 Å². The molecule has 0 aromatic carbocycles. The van der Waals surface area contributed by atoms with Crippen molar-refractivity contribution in [2.45, 2.75) is 62.3 Å². The van der Waals surface area contributed by atoms with Gasteiger partial charge < -0.3 is 14.8 Å². The number of amides is 1. The molecule has 0 saturated carbocycles. The number of rotatable bonds is 6. The smallest absolute Gasteiger partial charge is 0.220 e. The van der Waals surface area contributed by atoms with Gasteiger partial charge in [0, 0.05) is 51.4 Å². The molecule has 3 heterocycles. The Morgan fingerprint density at radius 1 is 1.36 bits per heavy atom. The van der Waals surface area contributed by atoms with Gasteiger partial charge in [0.25, 0.3) is 0 Å². The van der Waals surface area contributed by atoms with Crippen molar-refractivity contribution in [3.63, 3.8) is 0 Å². The molecule has 2 fully saturated rings. The zero-order valence-corrected chi connectivity index (χ0v) is 12.8. The van der Waals surface area contributed by atoms with E-state index in [9.17, 15) is 4.79 Å². The molecule has 6 heteroatoms. The third-order valence-electron chi connectivity index (χ3n) is 4.73. The SMILES string of the molecule is C#CCCC1(CCC(=O)NC2CCOC3(CCOC3)C2)N=N1. The van der Waals surface area contributed by atoms with E-state index < -0.39 is 0 Å². The first-order chi connectivity index (χ1) is 10.7. The number of nitrogens with zero attached hydrogens (tertiary/aromatic N) is 2. The number of hydrogen-bond donors (Lipinski definition) is 1. The summed E-state index contributed by atoms with van der Waals surface area (Å²) in [6, 6.07) is 0.178. The van der Waals surface area contributed by atoms with Crippen molar-refractivity contribution in [3.05, 3.63) is 0 Å². The predicted molar refractivity (Wildman–Crippen MR) is 80.2 cm³/mol. The summed E-state index contributed by atoms with van der Waals surface area (Å²) in [6.45, 7) is 2.08. The first-order valence-electron chi connectivity index (χ1n) is 8.04. The van der Waals surface area contributed by atoms with E-state index in [0.717, 1.165) is 32.3 Å². The molecule has 22 heavy (non-hydrogen) atoms. The van der Waals surface area contributed by atoms with Crippen molar-refractivity contribution >= 4 is 5.91 Å². The molecule has 2 saturated heterocycles. The fourth-order valence-electron chi connectivity index (χ4n) is 3.30. The molecular formula is C16H23N3O3. The van der Waals surface area contributed by atoms with Crippen molar-refractivity contribution < 1.29 is 14.3 Å². The molecule has 0 aromatic heterocycles. The largest absolute Gasteiger partial charge is 0.378 e. The highest BCUT2D eigenvalue weighted by atomic mass is 16.6. The number of carbonyl (C=O) groups excluding carboxylic acids is 1. The fourth-order valence-corrected chi connectivity index (χ4v) is 3.30. The van der Waals surface area contributed by atoms with Gasteiger partial charge in [0.1, 0.15) is 0 Å². The van der Waals surface area contributed by atoms with E-state index in [2.05, 4.69) is 21.5 Å². The van der Waals surface area contributed by atoms with E-state index in [-0.39, 0.29) is 23.2 Å². The van der Waals surface area contributed by atoms with Crippen LogP contribution in [0.4, 0.5) is 0 Å². The minimum atomic E-state index is -0.375. The Balaban J connectivity index is 1.41. The van der Waals surface area contributed by atoms with E-state index in [1.54, 1.807) is 0 Å². The number of carbonyl (C=O) groups is 1. The van der Waals surface area contributed by atoms with Gasteiger partial charge in [-0.2, -0.15) is 10.2 Å². The molecule has 0 aliphatic carbocycles. The van der Waals surface area contributed by atoms with Crippen LogP contribution in [0.1, 0.15) is 44.9 Å². The lowest BCUT2D eigenvalue weighted by Gasteiger charge is -2.37. The molecule has 120 valence electrons.